The number of hydrogen-bond donors (Lipinski definition) is 0. The van der Waals surface area contributed by atoms with Crippen molar-refractivity contribution in [2.24, 2.45) is 0 Å². The van der Waals surface area contributed by atoms with Gasteiger partial charge in [0.2, 0.25) is 11.8 Å². The van der Waals surface area contributed by atoms with E-state index >= 15 is 0 Å². The largest absolute Gasteiger partial charge is 0.299 e. The number of aromatic nitrogens is 2. The molecule has 30 heavy (non-hydrogen) atoms. The summed E-state index contributed by atoms with van der Waals surface area (Å²) in [7, 11) is 3.56. The van der Waals surface area contributed by atoms with Crippen LogP contribution in [0.4, 0.5) is 11.6 Å². The molecule has 0 aromatic carbocycles. The van der Waals surface area contributed by atoms with Gasteiger partial charge in [-0.25, -0.2) is 9.97 Å². The summed E-state index contributed by atoms with van der Waals surface area (Å²) in [6.07, 6.45) is 4.23. The normalized spacial score (nSPS) is 16.7. The second-order valence-electron chi connectivity index (χ2n) is 9.32. The number of carbonyl (C=O) groups excluding carboxylic acids is 2. The maximum atomic E-state index is 12.1. The Morgan fingerprint density at radius 1 is 0.867 bits per heavy atom. The van der Waals surface area contributed by atoms with E-state index in [-0.39, 0.29) is 11.8 Å². The van der Waals surface area contributed by atoms with Gasteiger partial charge in [-0.3, -0.25) is 19.4 Å². The zero-order valence-corrected chi connectivity index (χ0v) is 19.3. The second kappa shape index (κ2) is 7.82. The van der Waals surface area contributed by atoms with Gasteiger partial charge in [0.15, 0.2) is 0 Å². The van der Waals surface area contributed by atoms with Crippen molar-refractivity contribution >= 4 is 23.5 Å². The van der Waals surface area contributed by atoms with E-state index in [0.29, 0.717) is 18.3 Å². The molecule has 0 N–H and O–H groups in total. The summed E-state index contributed by atoms with van der Waals surface area (Å²) in [5, 5.41) is 0. The number of pyridine rings is 2. The van der Waals surface area contributed by atoms with Crippen molar-refractivity contribution in [2.45, 2.75) is 65.2 Å². The summed E-state index contributed by atoms with van der Waals surface area (Å²) >= 11 is 0. The van der Waals surface area contributed by atoms with Crippen molar-refractivity contribution in [2.75, 3.05) is 23.9 Å². The summed E-state index contributed by atoms with van der Waals surface area (Å²) in [6, 6.07) is 4.21. The smallest absolute Gasteiger partial charge is 0.238 e. The number of nitrogens with zero attached hydrogens (tertiary/aromatic N) is 4. The molecular weight excluding hydrogens is 376 g/mol. The molecule has 0 unspecified atom stereocenters. The van der Waals surface area contributed by atoms with Crippen molar-refractivity contribution in [3.63, 3.8) is 0 Å². The molecule has 0 saturated heterocycles. The predicted octanol–water partition coefficient (Wildman–Crippen LogP) is 4.18. The van der Waals surface area contributed by atoms with E-state index < -0.39 is 5.41 Å². The molecule has 160 valence electrons. The molecule has 6 nitrogen and oxygen atoms in total. The molecule has 0 spiro atoms. The molecule has 6 heteroatoms. The molecule has 2 aromatic heterocycles. The van der Waals surface area contributed by atoms with Gasteiger partial charge in [-0.15, -0.1) is 0 Å². The summed E-state index contributed by atoms with van der Waals surface area (Å²) in [5.74, 6) is 2.78. The third-order valence-corrected chi connectivity index (χ3v) is 6.05. The lowest BCUT2D eigenvalue weighted by atomic mass is 9.85. The maximum Gasteiger partial charge on any atom is 0.238 e. The van der Waals surface area contributed by atoms with E-state index in [9.17, 15) is 9.59 Å². The Hall–Kier alpha value is -2.76. The third kappa shape index (κ3) is 3.71. The highest BCUT2D eigenvalue weighted by atomic mass is 16.2. The average molecular weight is 409 g/mol. The number of rotatable bonds is 2. The highest BCUT2D eigenvalue weighted by molar-refractivity contribution is 6.06. The average Bonchev–Trinajstić information content (AvgIpc) is 3.07. The van der Waals surface area contributed by atoms with Crippen molar-refractivity contribution in [3.05, 3.63) is 46.8 Å². The van der Waals surface area contributed by atoms with Crippen molar-refractivity contribution < 1.29 is 9.59 Å². The van der Waals surface area contributed by atoms with Gasteiger partial charge in [0.1, 0.15) is 11.6 Å². The Kier molecular flexibility index (Phi) is 5.72. The van der Waals surface area contributed by atoms with Crippen molar-refractivity contribution in [3.8, 4) is 0 Å². The Balaban J connectivity index is 0.000000172. The minimum atomic E-state index is -0.442. The van der Waals surface area contributed by atoms with Crippen LogP contribution in [0.1, 0.15) is 75.6 Å². The number of carbonyl (C=O) groups is 2. The highest BCUT2D eigenvalue weighted by Gasteiger charge is 2.43. The zero-order valence-electron chi connectivity index (χ0n) is 19.3. The monoisotopic (exact) mass is 408 g/mol. The van der Waals surface area contributed by atoms with Crippen LogP contribution in [0.2, 0.25) is 0 Å². The molecule has 0 radical (unpaired) electrons. The molecule has 2 aromatic rings. The molecule has 2 aliphatic heterocycles. The van der Waals surface area contributed by atoms with Gasteiger partial charge in [0.05, 0.1) is 11.8 Å². The lowest BCUT2D eigenvalue weighted by Gasteiger charge is -2.16. The quantitative estimate of drug-likeness (QED) is 0.748. The lowest BCUT2D eigenvalue weighted by Crippen LogP contribution is -2.33. The molecule has 4 rings (SSSR count). The number of anilines is 2. The lowest BCUT2D eigenvalue weighted by molar-refractivity contribution is -0.121. The first-order valence-electron chi connectivity index (χ1n) is 10.5. The van der Waals surface area contributed by atoms with E-state index in [1.807, 2.05) is 26.2 Å². The summed E-state index contributed by atoms with van der Waals surface area (Å²) in [4.78, 5) is 35.5. The minimum absolute atomic E-state index is 0.121. The molecule has 0 saturated carbocycles. The van der Waals surface area contributed by atoms with E-state index in [0.717, 1.165) is 22.8 Å². The van der Waals surface area contributed by atoms with Gasteiger partial charge in [0.25, 0.3) is 0 Å². The maximum absolute atomic E-state index is 12.1. The molecule has 0 aliphatic carbocycles. The van der Waals surface area contributed by atoms with Crippen LogP contribution in [0.5, 0.6) is 0 Å². The van der Waals surface area contributed by atoms with Crippen LogP contribution in [-0.2, 0) is 21.4 Å². The molecule has 2 aliphatic rings. The molecule has 2 amide bonds. The third-order valence-electron chi connectivity index (χ3n) is 6.05. The number of hydrogen-bond acceptors (Lipinski definition) is 4. The molecule has 0 fully saturated rings. The molecule has 4 heterocycles. The SMILES string of the molecule is CC(C)c1cnc2c(c1)C(C)(C)C(=O)N2C.CC(C)c1cnc2c(c1)CC(=O)N2C. The Bertz CT molecular complexity index is 995. The van der Waals surface area contributed by atoms with Crippen molar-refractivity contribution in [1.29, 1.82) is 0 Å². The molecular formula is C24H32N4O2. The number of likely N-dealkylation sites (N-methyl/N-ethyl adjacent to an activating group) is 2. The fourth-order valence-corrected chi connectivity index (χ4v) is 3.82. The Labute approximate surface area is 179 Å². The van der Waals surface area contributed by atoms with Gasteiger partial charge < -0.3 is 0 Å². The summed E-state index contributed by atoms with van der Waals surface area (Å²) in [5.41, 5.74) is 4.05. The van der Waals surface area contributed by atoms with Gasteiger partial charge in [-0.05, 0) is 48.9 Å². The first-order chi connectivity index (χ1) is 13.9. The number of fused-ring (bicyclic) bond motifs is 2. The van der Waals surface area contributed by atoms with E-state index in [1.54, 1.807) is 23.9 Å². The van der Waals surface area contributed by atoms with Crippen molar-refractivity contribution in [1.82, 2.24) is 9.97 Å². The standard InChI is InChI=1S/C13H18N2O.C11H14N2O/c1-8(2)9-6-10-11(14-7-9)15(5)12(16)13(10,3)4;1-7(2)9-4-8-5-10(14)13(3)11(8)12-6-9/h6-8H,1-5H3;4,6-7H,5H2,1-3H3. The van der Waals surface area contributed by atoms with Crippen LogP contribution < -0.4 is 9.80 Å². The van der Waals surface area contributed by atoms with Crippen LogP contribution in [0.15, 0.2) is 24.5 Å². The number of amides is 2. The van der Waals surface area contributed by atoms with Crippen LogP contribution in [-0.4, -0.2) is 35.9 Å². The fraction of sp³-hybridized carbons (Fsp3) is 0.500. The first kappa shape index (κ1) is 21.9. The van der Waals surface area contributed by atoms with Crippen LogP contribution in [0.3, 0.4) is 0 Å². The summed E-state index contributed by atoms with van der Waals surface area (Å²) < 4.78 is 0. The van der Waals surface area contributed by atoms with Crippen LogP contribution >= 0.6 is 0 Å². The summed E-state index contributed by atoms with van der Waals surface area (Å²) in [6.45, 7) is 12.5. The second-order valence-corrected chi connectivity index (χ2v) is 9.32. The fourth-order valence-electron chi connectivity index (χ4n) is 3.82. The zero-order chi connectivity index (χ0) is 22.4. The topological polar surface area (TPSA) is 66.4 Å². The van der Waals surface area contributed by atoms with Gasteiger partial charge >= 0.3 is 0 Å². The van der Waals surface area contributed by atoms with E-state index in [2.05, 4.69) is 49.8 Å². The van der Waals surface area contributed by atoms with Gasteiger partial charge in [-0.2, -0.15) is 0 Å². The van der Waals surface area contributed by atoms with Crippen LogP contribution in [0.25, 0.3) is 0 Å². The van der Waals surface area contributed by atoms with Gasteiger partial charge in [-0.1, -0.05) is 27.7 Å². The molecule has 0 atom stereocenters. The van der Waals surface area contributed by atoms with E-state index in [1.165, 1.54) is 11.1 Å². The predicted molar refractivity (Wildman–Crippen MR) is 120 cm³/mol. The Morgan fingerprint density at radius 3 is 1.97 bits per heavy atom. The minimum Gasteiger partial charge on any atom is -0.299 e. The molecule has 0 bridgehead atoms. The van der Waals surface area contributed by atoms with Crippen LogP contribution in [0, 0.1) is 0 Å². The Morgan fingerprint density at radius 2 is 1.40 bits per heavy atom. The first-order valence-corrected chi connectivity index (χ1v) is 10.5. The van der Waals surface area contributed by atoms with E-state index in [4.69, 9.17) is 0 Å². The highest BCUT2D eigenvalue weighted by Crippen LogP contribution is 2.40. The van der Waals surface area contributed by atoms with Gasteiger partial charge in [0, 0.05) is 37.6 Å².